The first-order valence-electron chi connectivity index (χ1n) is 6.19. The lowest BCUT2D eigenvalue weighted by atomic mass is 9.87. The maximum absolute atomic E-state index is 11.7. The molecule has 1 aliphatic carbocycles. The summed E-state index contributed by atoms with van der Waals surface area (Å²) >= 11 is 3.50. The normalized spacial score (nSPS) is 25.8. The first-order valence-corrected chi connectivity index (χ1v) is 6.98. The van der Waals surface area contributed by atoms with E-state index in [4.69, 9.17) is 0 Å². The second-order valence-corrected chi connectivity index (χ2v) is 5.51. The van der Waals surface area contributed by atoms with Crippen LogP contribution in [0, 0.1) is 5.92 Å². The molecule has 1 aromatic carbocycles. The number of aliphatic imine (C=N–C) groups is 1. The smallest absolute Gasteiger partial charge is 0.242 e. The second kappa shape index (κ2) is 5.13. The Balaban J connectivity index is 2.05. The van der Waals surface area contributed by atoms with Crippen molar-refractivity contribution in [1.29, 1.82) is 0 Å². The topological polar surface area (TPSA) is 41.5 Å². The summed E-state index contributed by atoms with van der Waals surface area (Å²) in [5.41, 5.74) is 2.03. The number of allylic oxidation sites excluding steroid dienone is 2. The van der Waals surface area contributed by atoms with Crippen LogP contribution in [0.1, 0.15) is 5.56 Å². The van der Waals surface area contributed by atoms with E-state index in [1.165, 1.54) is 0 Å². The van der Waals surface area contributed by atoms with Crippen LogP contribution in [0.15, 0.2) is 58.0 Å². The molecule has 1 heterocycles. The van der Waals surface area contributed by atoms with Gasteiger partial charge >= 0.3 is 0 Å². The van der Waals surface area contributed by atoms with Crippen molar-refractivity contribution in [3.63, 3.8) is 0 Å². The summed E-state index contributed by atoms with van der Waals surface area (Å²) in [6.45, 7) is 0.191. The highest BCUT2D eigenvalue weighted by Crippen LogP contribution is 2.26. The fourth-order valence-corrected chi connectivity index (χ4v) is 2.86. The van der Waals surface area contributed by atoms with Crippen molar-refractivity contribution in [3.05, 3.63) is 58.6 Å². The van der Waals surface area contributed by atoms with E-state index >= 15 is 0 Å². The zero-order valence-corrected chi connectivity index (χ0v) is 11.8. The molecule has 0 spiro atoms. The van der Waals surface area contributed by atoms with Gasteiger partial charge in [0.15, 0.2) is 0 Å². The first-order chi connectivity index (χ1) is 9.24. The van der Waals surface area contributed by atoms with Crippen molar-refractivity contribution in [2.24, 2.45) is 10.9 Å². The van der Waals surface area contributed by atoms with Crippen LogP contribution in [-0.2, 0) is 4.79 Å². The summed E-state index contributed by atoms with van der Waals surface area (Å²) < 4.78 is 1.02. The first kappa shape index (κ1) is 12.4. The molecular weight excluding hydrogens is 304 g/mol. The van der Waals surface area contributed by atoms with Crippen molar-refractivity contribution < 1.29 is 4.79 Å². The fourth-order valence-electron chi connectivity index (χ4n) is 2.42. The Labute approximate surface area is 120 Å². The Hall–Kier alpha value is -1.68. The Morgan fingerprint density at radius 3 is 2.84 bits per heavy atom. The molecule has 19 heavy (non-hydrogen) atoms. The molecule has 1 N–H and O–H groups in total. The van der Waals surface area contributed by atoms with Crippen LogP contribution in [0.3, 0.4) is 0 Å². The molecule has 1 amide bonds. The van der Waals surface area contributed by atoms with Gasteiger partial charge in [0, 0.05) is 10.4 Å². The zero-order chi connectivity index (χ0) is 13.2. The van der Waals surface area contributed by atoms with Crippen molar-refractivity contribution in [3.8, 4) is 0 Å². The minimum Gasteiger partial charge on any atom is -0.347 e. The van der Waals surface area contributed by atoms with Gasteiger partial charge in [0.05, 0.1) is 11.8 Å². The van der Waals surface area contributed by atoms with E-state index in [0.29, 0.717) is 0 Å². The van der Waals surface area contributed by atoms with Gasteiger partial charge in [-0.25, -0.2) is 0 Å². The average molecular weight is 317 g/mol. The number of benzene rings is 1. The molecule has 0 radical (unpaired) electrons. The van der Waals surface area contributed by atoms with E-state index in [1.54, 1.807) is 0 Å². The maximum atomic E-state index is 11.7. The summed E-state index contributed by atoms with van der Waals surface area (Å²) in [5.74, 6) is 0.0465. The SMILES string of the molecule is O=C1CN=C(c2ccccc2)C2C=C(Br)C=C[C@H]2N1. The lowest BCUT2D eigenvalue weighted by Gasteiger charge is -2.25. The van der Waals surface area contributed by atoms with Gasteiger partial charge in [0.25, 0.3) is 0 Å². The molecule has 0 aromatic heterocycles. The molecule has 2 aliphatic rings. The molecule has 1 aliphatic heterocycles. The Kier molecular flexibility index (Phi) is 3.34. The molecule has 0 bridgehead atoms. The van der Waals surface area contributed by atoms with E-state index in [0.717, 1.165) is 15.8 Å². The number of halogens is 1. The maximum Gasteiger partial charge on any atom is 0.242 e. The summed E-state index contributed by atoms with van der Waals surface area (Å²) in [7, 11) is 0. The van der Waals surface area contributed by atoms with E-state index in [-0.39, 0.29) is 24.4 Å². The highest BCUT2D eigenvalue weighted by molar-refractivity contribution is 9.11. The van der Waals surface area contributed by atoms with Crippen LogP contribution in [0.4, 0.5) is 0 Å². The molecule has 1 aromatic rings. The van der Waals surface area contributed by atoms with Crippen LogP contribution in [-0.4, -0.2) is 24.2 Å². The lowest BCUT2D eigenvalue weighted by Crippen LogP contribution is -2.40. The predicted molar refractivity (Wildman–Crippen MR) is 79.4 cm³/mol. The highest BCUT2D eigenvalue weighted by Gasteiger charge is 2.29. The monoisotopic (exact) mass is 316 g/mol. The van der Waals surface area contributed by atoms with Gasteiger partial charge in [-0.15, -0.1) is 0 Å². The van der Waals surface area contributed by atoms with Crippen molar-refractivity contribution in [2.75, 3.05) is 6.54 Å². The highest BCUT2D eigenvalue weighted by atomic mass is 79.9. The van der Waals surface area contributed by atoms with E-state index in [9.17, 15) is 4.79 Å². The summed E-state index contributed by atoms with van der Waals surface area (Å²) in [4.78, 5) is 16.2. The molecule has 96 valence electrons. The van der Waals surface area contributed by atoms with Gasteiger partial charge in [-0.1, -0.05) is 64.5 Å². The number of hydrogen-bond acceptors (Lipinski definition) is 2. The van der Waals surface area contributed by atoms with Gasteiger partial charge in [-0.2, -0.15) is 0 Å². The molecule has 4 heteroatoms. The van der Waals surface area contributed by atoms with Crippen molar-refractivity contribution in [1.82, 2.24) is 5.32 Å². The lowest BCUT2D eigenvalue weighted by molar-refractivity contribution is -0.120. The van der Waals surface area contributed by atoms with Crippen LogP contribution in [0.2, 0.25) is 0 Å². The third-order valence-corrected chi connectivity index (χ3v) is 3.82. The Morgan fingerprint density at radius 2 is 2.05 bits per heavy atom. The molecule has 0 saturated heterocycles. The van der Waals surface area contributed by atoms with Crippen molar-refractivity contribution >= 4 is 27.5 Å². The van der Waals surface area contributed by atoms with E-state index < -0.39 is 0 Å². The summed E-state index contributed by atoms with van der Waals surface area (Å²) in [5, 5.41) is 3.00. The van der Waals surface area contributed by atoms with Gasteiger partial charge < -0.3 is 5.32 Å². The van der Waals surface area contributed by atoms with Crippen molar-refractivity contribution in [2.45, 2.75) is 6.04 Å². The number of amides is 1. The van der Waals surface area contributed by atoms with Gasteiger partial charge in [0.2, 0.25) is 5.91 Å². The largest absolute Gasteiger partial charge is 0.347 e. The number of carbonyl (C=O) groups excluding carboxylic acids is 1. The van der Waals surface area contributed by atoms with Crippen LogP contribution >= 0.6 is 15.9 Å². The molecule has 3 nitrogen and oxygen atoms in total. The second-order valence-electron chi connectivity index (χ2n) is 4.60. The average Bonchev–Trinajstić information content (AvgIpc) is 2.58. The molecule has 2 atom stereocenters. The molecular formula is C15H13BrN2O. The van der Waals surface area contributed by atoms with E-state index in [1.807, 2.05) is 42.5 Å². The summed E-state index contributed by atoms with van der Waals surface area (Å²) in [6, 6.07) is 10.0. The molecule has 3 rings (SSSR count). The molecule has 0 saturated carbocycles. The zero-order valence-electron chi connectivity index (χ0n) is 10.2. The van der Waals surface area contributed by atoms with Crippen LogP contribution in [0.25, 0.3) is 0 Å². The number of nitrogens with one attached hydrogen (secondary N) is 1. The summed E-state index contributed by atoms with van der Waals surface area (Å²) in [6.07, 6.45) is 6.08. The standard InChI is InChI=1S/C15H13BrN2O/c16-11-6-7-13-12(8-11)15(17-9-14(19)18-13)10-4-2-1-3-5-10/h1-8,12-13H,9H2,(H,18,19)/t12?,13-/m1/s1. The number of nitrogens with zero attached hydrogens (tertiary/aromatic N) is 1. The number of carbonyl (C=O) groups is 1. The Bertz CT molecular complexity index is 589. The fraction of sp³-hybridized carbons (Fsp3) is 0.200. The molecule has 0 fully saturated rings. The Morgan fingerprint density at radius 1 is 1.26 bits per heavy atom. The van der Waals surface area contributed by atoms with E-state index in [2.05, 4.69) is 32.3 Å². The van der Waals surface area contributed by atoms with Gasteiger partial charge in [-0.05, 0) is 5.56 Å². The van der Waals surface area contributed by atoms with Gasteiger partial charge in [0.1, 0.15) is 6.54 Å². The number of hydrogen-bond donors (Lipinski definition) is 1. The third-order valence-electron chi connectivity index (χ3n) is 3.29. The van der Waals surface area contributed by atoms with Crippen LogP contribution in [0.5, 0.6) is 0 Å². The quantitative estimate of drug-likeness (QED) is 0.849. The van der Waals surface area contributed by atoms with Crippen LogP contribution < -0.4 is 5.32 Å². The minimum absolute atomic E-state index is 0.0183. The predicted octanol–water partition coefficient (Wildman–Crippen LogP) is 2.44. The number of fused-ring (bicyclic) bond motifs is 1. The number of rotatable bonds is 1. The minimum atomic E-state index is -0.0306. The van der Waals surface area contributed by atoms with Gasteiger partial charge in [-0.3, -0.25) is 9.79 Å². The molecule has 1 unspecified atom stereocenters. The third kappa shape index (κ3) is 2.54.